The summed E-state index contributed by atoms with van der Waals surface area (Å²) >= 11 is 0. The van der Waals surface area contributed by atoms with Crippen LogP contribution in [-0.4, -0.2) is 66.6 Å². The summed E-state index contributed by atoms with van der Waals surface area (Å²) in [5.41, 5.74) is 3.63. The van der Waals surface area contributed by atoms with Gasteiger partial charge >= 0.3 is 0 Å². The number of fused-ring (bicyclic) bond motifs is 4. The Bertz CT molecular complexity index is 1200. The molecule has 9 heteroatoms. The number of nitrogens with zero attached hydrogens (tertiary/aromatic N) is 4. The largest absolute Gasteiger partial charge is 0.454 e. The van der Waals surface area contributed by atoms with Gasteiger partial charge in [-0.15, -0.1) is 0 Å². The zero-order chi connectivity index (χ0) is 23.9. The Morgan fingerprint density at radius 2 is 1.71 bits per heavy atom. The predicted octanol–water partition coefficient (Wildman–Crippen LogP) is 3.28. The summed E-state index contributed by atoms with van der Waals surface area (Å²) in [6.07, 6.45) is 3.70. The van der Waals surface area contributed by atoms with E-state index in [0.29, 0.717) is 5.70 Å². The van der Waals surface area contributed by atoms with E-state index < -0.39 is 0 Å². The lowest BCUT2D eigenvalue weighted by Crippen LogP contribution is -2.46. The van der Waals surface area contributed by atoms with Crippen LogP contribution in [-0.2, 0) is 11.3 Å². The molecule has 5 aliphatic heterocycles. The molecule has 9 nitrogen and oxygen atoms in total. The van der Waals surface area contributed by atoms with E-state index in [2.05, 4.69) is 20.8 Å². The van der Waals surface area contributed by atoms with Crippen molar-refractivity contribution in [1.29, 1.82) is 0 Å². The van der Waals surface area contributed by atoms with E-state index in [0.717, 1.165) is 81.4 Å². The summed E-state index contributed by atoms with van der Waals surface area (Å²) in [5, 5.41) is 11.5. The number of Topliss-reactive ketones (excluding diaryl/α,β-unsaturated/α-hetero) is 1. The molecule has 35 heavy (non-hydrogen) atoms. The number of nitro groups is 1. The minimum absolute atomic E-state index is 0.0467. The first-order valence-electron chi connectivity index (χ1n) is 12.2. The fourth-order valence-electron chi connectivity index (χ4n) is 5.56. The number of carbonyl (C=O) groups is 1. The van der Waals surface area contributed by atoms with Crippen molar-refractivity contribution in [3.05, 3.63) is 63.3 Å². The van der Waals surface area contributed by atoms with Crippen molar-refractivity contribution in [3.63, 3.8) is 0 Å². The topological polar surface area (TPSA) is 88.4 Å². The molecule has 0 aromatic heterocycles. The Balaban J connectivity index is 1.20. The summed E-state index contributed by atoms with van der Waals surface area (Å²) in [6, 6.07) is 11.1. The zero-order valence-electron chi connectivity index (χ0n) is 19.5. The molecule has 5 aliphatic rings. The molecule has 0 atom stereocenters. The first kappa shape index (κ1) is 21.9. The van der Waals surface area contributed by atoms with Crippen LogP contribution in [0, 0.1) is 16.0 Å². The molecule has 0 amide bonds. The molecule has 0 N–H and O–H groups in total. The molecule has 0 unspecified atom stereocenters. The highest BCUT2D eigenvalue weighted by atomic mass is 16.7. The van der Waals surface area contributed by atoms with Crippen LogP contribution in [0.2, 0.25) is 0 Å². The first-order valence-corrected chi connectivity index (χ1v) is 12.2. The minimum Gasteiger partial charge on any atom is -0.454 e. The third-order valence-corrected chi connectivity index (χ3v) is 7.53. The minimum atomic E-state index is -0.371. The van der Waals surface area contributed by atoms with E-state index in [-0.39, 0.29) is 29.1 Å². The lowest BCUT2D eigenvalue weighted by molar-refractivity contribution is -0.384. The molecule has 5 heterocycles. The molecule has 4 fully saturated rings. The summed E-state index contributed by atoms with van der Waals surface area (Å²) in [7, 11) is 0. The third-order valence-electron chi connectivity index (χ3n) is 7.53. The van der Waals surface area contributed by atoms with Gasteiger partial charge in [0.05, 0.1) is 10.6 Å². The molecule has 0 saturated carbocycles. The number of anilines is 1. The second kappa shape index (κ2) is 8.88. The van der Waals surface area contributed by atoms with Crippen molar-refractivity contribution in [2.45, 2.75) is 19.4 Å². The first-order chi connectivity index (χ1) is 17.0. The Kier molecular flexibility index (Phi) is 5.56. The summed E-state index contributed by atoms with van der Waals surface area (Å²) < 4.78 is 10.9. The number of non-ortho nitro benzene ring substituents is 1. The standard InChI is InChI=1S/C26H28N4O5/c31-26-19-5-7-28(8-6-19)23(26)15-20-14-21(30(32)33)2-3-22(20)29-11-9-27(10-12-29)16-18-1-4-24-25(13-18)35-17-34-24/h1-4,13-15,19H,5-12,16-17H2/b23-15+. The van der Waals surface area contributed by atoms with E-state index in [1.807, 2.05) is 24.3 Å². The maximum absolute atomic E-state index is 12.9. The van der Waals surface area contributed by atoms with E-state index >= 15 is 0 Å². The van der Waals surface area contributed by atoms with E-state index in [1.54, 1.807) is 12.1 Å². The smallest absolute Gasteiger partial charge is 0.270 e. The van der Waals surface area contributed by atoms with Crippen molar-refractivity contribution in [1.82, 2.24) is 9.80 Å². The van der Waals surface area contributed by atoms with Gasteiger partial charge in [0.2, 0.25) is 6.79 Å². The number of piperazine rings is 1. The number of ether oxygens (including phenoxy) is 2. The Morgan fingerprint density at radius 3 is 2.46 bits per heavy atom. The van der Waals surface area contributed by atoms with Gasteiger partial charge in [-0.2, -0.15) is 0 Å². The molecule has 2 aromatic carbocycles. The van der Waals surface area contributed by atoms with E-state index in [4.69, 9.17) is 9.47 Å². The molecule has 2 aromatic rings. The normalized spacial score (nSPS) is 21.3. The number of allylic oxidation sites excluding steroid dienone is 1. The molecule has 0 radical (unpaired) electrons. The van der Waals surface area contributed by atoms with Crippen LogP contribution in [0.25, 0.3) is 6.08 Å². The Morgan fingerprint density at radius 1 is 0.943 bits per heavy atom. The van der Waals surface area contributed by atoms with Crippen molar-refractivity contribution in [2.75, 3.05) is 51.0 Å². The SMILES string of the molecule is O=C1/C(=C\c2cc([N+](=O)[O-])ccc2N2CCN(Cc3ccc4c(c3)OCO4)CC2)N2CCC1CC2. The second-order valence-electron chi connectivity index (χ2n) is 9.61. The quantitative estimate of drug-likeness (QED) is 0.369. The molecular formula is C26H28N4O5. The van der Waals surface area contributed by atoms with Crippen molar-refractivity contribution in [3.8, 4) is 11.5 Å². The van der Waals surface area contributed by atoms with Crippen molar-refractivity contribution < 1.29 is 19.2 Å². The zero-order valence-corrected chi connectivity index (χ0v) is 19.5. The lowest BCUT2D eigenvalue weighted by atomic mass is 9.84. The number of carbonyl (C=O) groups excluding carboxylic acids is 1. The third kappa shape index (κ3) is 4.20. The fourth-order valence-corrected chi connectivity index (χ4v) is 5.56. The Hall–Kier alpha value is -3.59. The fraction of sp³-hybridized carbons (Fsp3) is 0.423. The van der Waals surface area contributed by atoms with Gasteiger partial charge in [-0.1, -0.05) is 6.07 Å². The van der Waals surface area contributed by atoms with Crippen molar-refractivity contribution >= 4 is 23.2 Å². The lowest BCUT2D eigenvalue weighted by Gasteiger charge is -2.41. The van der Waals surface area contributed by atoms with Crippen LogP contribution < -0.4 is 14.4 Å². The Labute approximate surface area is 203 Å². The maximum Gasteiger partial charge on any atom is 0.270 e. The second-order valence-corrected chi connectivity index (χ2v) is 9.61. The van der Waals surface area contributed by atoms with Crippen LogP contribution in [0.3, 0.4) is 0 Å². The van der Waals surface area contributed by atoms with Gasteiger partial charge in [0.15, 0.2) is 17.3 Å². The average molecular weight is 477 g/mol. The maximum atomic E-state index is 12.9. The molecule has 7 rings (SSSR count). The predicted molar refractivity (Wildman–Crippen MR) is 130 cm³/mol. The number of piperidine rings is 3. The molecule has 2 bridgehead atoms. The van der Waals surface area contributed by atoms with Gasteiger partial charge in [0, 0.05) is 75.1 Å². The molecular weight excluding hydrogens is 448 g/mol. The highest BCUT2D eigenvalue weighted by Crippen LogP contribution is 2.36. The van der Waals surface area contributed by atoms with Crippen LogP contribution in [0.1, 0.15) is 24.0 Å². The van der Waals surface area contributed by atoms with Crippen LogP contribution >= 0.6 is 0 Å². The number of nitro benzene ring substituents is 1. The number of ketones is 1. The van der Waals surface area contributed by atoms with Gasteiger partial charge in [-0.25, -0.2) is 0 Å². The van der Waals surface area contributed by atoms with Crippen molar-refractivity contribution in [2.24, 2.45) is 5.92 Å². The van der Waals surface area contributed by atoms with Crippen LogP contribution in [0.5, 0.6) is 11.5 Å². The van der Waals surface area contributed by atoms with E-state index in [1.165, 1.54) is 5.56 Å². The number of hydrogen-bond donors (Lipinski definition) is 0. The number of hydrogen-bond acceptors (Lipinski definition) is 8. The van der Waals surface area contributed by atoms with Gasteiger partial charge in [0.25, 0.3) is 5.69 Å². The summed E-state index contributed by atoms with van der Waals surface area (Å²) in [5.74, 6) is 1.85. The highest BCUT2D eigenvalue weighted by molar-refractivity contribution is 6.02. The van der Waals surface area contributed by atoms with Gasteiger partial charge in [-0.3, -0.25) is 19.8 Å². The molecule has 0 spiro atoms. The van der Waals surface area contributed by atoms with Gasteiger partial charge in [-0.05, 0) is 42.7 Å². The summed E-state index contributed by atoms with van der Waals surface area (Å²) in [6.45, 7) is 6.21. The molecule has 4 saturated heterocycles. The summed E-state index contributed by atoms with van der Waals surface area (Å²) in [4.78, 5) is 30.8. The van der Waals surface area contributed by atoms with Gasteiger partial charge < -0.3 is 19.3 Å². The average Bonchev–Trinajstić information content (AvgIpc) is 3.35. The monoisotopic (exact) mass is 476 g/mol. The van der Waals surface area contributed by atoms with Crippen LogP contribution in [0.15, 0.2) is 42.1 Å². The number of benzene rings is 2. The molecule has 0 aliphatic carbocycles. The van der Waals surface area contributed by atoms with Crippen LogP contribution in [0.4, 0.5) is 11.4 Å². The number of rotatable bonds is 5. The van der Waals surface area contributed by atoms with Gasteiger partial charge in [0.1, 0.15) is 0 Å². The highest BCUT2D eigenvalue weighted by Gasteiger charge is 2.36. The van der Waals surface area contributed by atoms with E-state index in [9.17, 15) is 14.9 Å². The molecule has 182 valence electrons.